The molecule has 49 heavy (non-hydrogen) atoms. The number of rotatable bonds is 6. The molecule has 232 valence electrons. The molecule has 3 nitrogen and oxygen atoms in total. The molecule has 6 aromatic carbocycles. The highest BCUT2D eigenvalue weighted by molar-refractivity contribution is 5.79. The van der Waals surface area contributed by atoms with Gasteiger partial charge in [0.15, 0.2) is 5.82 Å². The third-order valence-electron chi connectivity index (χ3n) is 9.64. The van der Waals surface area contributed by atoms with Crippen molar-refractivity contribution in [3.63, 3.8) is 0 Å². The lowest BCUT2D eigenvalue weighted by Crippen LogP contribution is -2.28. The first-order chi connectivity index (χ1) is 24.3. The van der Waals surface area contributed by atoms with Gasteiger partial charge in [-0.1, -0.05) is 158 Å². The highest BCUT2D eigenvalue weighted by atomic mass is 15.2. The number of benzene rings is 6. The zero-order valence-corrected chi connectivity index (χ0v) is 26.9. The molecule has 0 amide bonds. The van der Waals surface area contributed by atoms with Gasteiger partial charge in [-0.25, -0.2) is 9.97 Å². The summed E-state index contributed by atoms with van der Waals surface area (Å²) in [5.41, 5.74) is 13.6. The SMILES string of the molecule is C1=CC2c3ccccc3N(c3ccc(-c4ccc(-c5cccc(-c6cc(-c7ccccc7)nc(-c7ccccc7)n6)c5)cc4)cc3)C2C=C1. The third-order valence-corrected chi connectivity index (χ3v) is 9.64. The molecule has 1 aliphatic carbocycles. The molecule has 1 aromatic heterocycles. The molecule has 0 saturated heterocycles. The first-order valence-corrected chi connectivity index (χ1v) is 16.8. The third kappa shape index (κ3) is 5.46. The lowest BCUT2D eigenvalue weighted by atomic mass is 9.91. The van der Waals surface area contributed by atoms with Gasteiger partial charge in [0, 0.05) is 34.0 Å². The average Bonchev–Trinajstić information content (AvgIpc) is 3.53. The van der Waals surface area contributed by atoms with Crippen LogP contribution < -0.4 is 4.90 Å². The van der Waals surface area contributed by atoms with Crippen molar-refractivity contribution in [2.45, 2.75) is 12.0 Å². The van der Waals surface area contributed by atoms with Crippen LogP contribution in [0.5, 0.6) is 0 Å². The van der Waals surface area contributed by atoms with E-state index in [0.717, 1.165) is 39.5 Å². The number of nitrogens with zero attached hydrogens (tertiary/aromatic N) is 3. The monoisotopic (exact) mass is 627 g/mol. The summed E-state index contributed by atoms with van der Waals surface area (Å²) in [6, 6.07) is 58.2. The van der Waals surface area contributed by atoms with Crippen molar-refractivity contribution in [1.82, 2.24) is 9.97 Å². The zero-order valence-electron chi connectivity index (χ0n) is 26.9. The number of anilines is 2. The van der Waals surface area contributed by atoms with Crippen molar-refractivity contribution in [1.29, 1.82) is 0 Å². The predicted molar refractivity (Wildman–Crippen MR) is 203 cm³/mol. The summed E-state index contributed by atoms with van der Waals surface area (Å²) >= 11 is 0. The van der Waals surface area contributed by atoms with Crippen LogP contribution in [0.25, 0.3) is 56.2 Å². The molecule has 2 atom stereocenters. The van der Waals surface area contributed by atoms with E-state index in [9.17, 15) is 0 Å². The smallest absolute Gasteiger partial charge is 0.160 e. The van der Waals surface area contributed by atoms with E-state index in [1.807, 2.05) is 36.4 Å². The maximum absolute atomic E-state index is 5.04. The van der Waals surface area contributed by atoms with Gasteiger partial charge in [-0.15, -0.1) is 0 Å². The summed E-state index contributed by atoms with van der Waals surface area (Å²) in [4.78, 5) is 12.5. The van der Waals surface area contributed by atoms with E-state index in [1.165, 1.54) is 33.6 Å². The zero-order chi connectivity index (χ0) is 32.6. The number of hydrogen-bond acceptors (Lipinski definition) is 3. The standard InChI is InChI=1S/C46H33N3/c1-3-12-35(13-4-1)42-31-43(48-46(47-42)36-14-5-2-6-15-36)38-17-11-16-37(30-38)34-24-22-32(23-25-34)33-26-28-39(29-27-33)49-44-20-9-7-18-40(44)41-19-8-10-21-45(41)49/h1-31,40,44H. The van der Waals surface area contributed by atoms with Gasteiger partial charge in [0.1, 0.15) is 0 Å². The van der Waals surface area contributed by atoms with Crippen molar-refractivity contribution in [2.24, 2.45) is 0 Å². The molecule has 3 heteroatoms. The highest BCUT2D eigenvalue weighted by Gasteiger charge is 2.36. The summed E-state index contributed by atoms with van der Waals surface area (Å²) in [6.45, 7) is 0. The molecule has 0 spiro atoms. The minimum absolute atomic E-state index is 0.306. The molecule has 0 N–H and O–H groups in total. The lowest BCUT2D eigenvalue weighted by molar-refractivity contribution is 0.745. The second kappa shape index (κ2) is 12.4. The predicted octanol–water partition coefficient (Wildman–Crippen LogP) is 11.5. The fraction of sp³-hybridized carbons (Fsp3) is 0.0435. The van der Waals surface area contributed by atoms with Crippen LogP contribution in [-0.4, -0.2) is 16.0 Å². The van der Waals surface area contributed by atoms with Gasteiger partial charge in [-0.05, 0) is 58.1 Å². The minimum Gasteiger partial charge on any atom is -0.333 e. The molecule has 2 aliphatic rings. The molecule has 0 bridgehead atoms. The van der Waals surface area contributed by atoms with E-state index in [4.69, 9.17) is 9.97 Å². The molecular weight excluding hydrogens is 595 g/mol. The van der Waals surface area contributed by atoms with Crippen molar-refractivity contribution in [3.05, 3.63) is 194 Å². The van der Waals surface area contributed by atoms with E-state index in [-0.39, 0.29) is 0 Å². The Kier molecular flexibility index (Phi) is 7.29. The van der Waals surface area contributed by atoms with Crippen LogP contribution in [0.3, 0.4) is 0 Å². The number of hydrogen-bond donors (Lipinski definition) is 0. The van der Waals surface area contributed by atoms with Gasteiger partial charge in [0.05, 0.1) is 17.4 Å². The summed E-state index contributed by atoms with van der Waals surface area (Å²) in [7, 11) is 0. The lowest BCUT2D eigenvalue weighted by Gasteiger charge is -2.28. The molecule has 2 unspecified atom stereocenters. The minimum atomic E-state index is 0.306. The Morgan fingerprint density at radius 2 is 0.959 bits per heavy atom. The second-order valence-corrected chi connectivity index (χ2v) is 12.6. The quantitative estimate of drug-likeness (QED) is 0.184. The summed E-state index contributed by atoms with van der Waals surface area (Å²) < 4.78 is 0. The van der Waals surface area contributed by atoms with Gasteiger partial charge in [-0.2, -0.15) is 0 Å². The van der Waals surface area contributed by atoms with Crippen LogP contribution in [0, 0.1) is 0 Å². The normalized spacial score (nSPS) is 16.0. The Balaban J connectivity index is 1.00. The Bertz CT molecular complexity index is 2260. The van der Waals surface area contributed by atoms with E-state index in [2.05, 4.69) is 157 Å². The van der Waals surface area contributed by atoms with Crippen molar-refractivity contribution < 1.29 is 0 Å². The van der Waals surface area contributed by atoms with Crippen molar-refractivity contribution in [2.75, 3.05) is 4.90 Å². The van der Waals surface area contributed by atoms with Crippen LogP contribution in [0.2, 0.25) is 0 Å². The Morgan fingerprint density at radius 1 is 0.408 bits per heavy atom. The molecule has 9 rings (SSSR count). The Hall–Kier alpha value is -6.32. The Labute approximate surface area is 287 Å². The van der Waals surface area contributed by atoms with Crippen LogP contribution in [0.15, 0.2) is 188 Å². The van der Waals surface area contributed by atoms with Gasteiger partial charge in [-0.3, -0.25) is 0 Å². The first kappa shape index (κ1) is 28.9. The van der Waals surface area contributed by atoms with Gasteiger partial charge < -0.3 is 4.90 Å². The van der Waals surface area contributed by atoms with Crippen LogP contribution >= 0.6 is 0 Å². The topological polar surface area (TPSA) is 29.0 Å². The Morgan fingerprint density at radius 3 is 1.69 bits per heavy atom. The average molecular weight is 628 g/mol. The fourth-order valence-corrected chi connectivity index (χ4v) is 7.19. The molecule has 1 aliphatic heterocycles. The van der Waals surface area contributed by atoms with Crippen LogP contribution in [0.1, 0.15) is 11.5 Å². The molecule has 7 aromatic rings. The molecule has 2 heterocycles. The number of aromatic nitrogens is 2. The largest absolute Gasteiger partial charge is 0.333 e. The molecule has 0 radical (unpaired) electrons. The second-order valence-electron chi connectivity index (χ2n) is 12.6. The maximum Gasteiger partial charge on any atom is 0.160 e. The van der Waals surface area contributed by atoms with E-state index in [0.29, 0.717) is 12.0 Å². The van der Waals surface area contributed by atoms with Crippen LogP contribution in [-0.2, 0) is 0 Å². The van der Waals surface area contributed by atoms with Gasteiger partial charge in [0.25, 0.3) is 0 Å². The van der Waals surface area contributed by atoms with E-state index < -0.39 is 0 Å². The number of fused-ring (bicyclic) bond motifs is 3. The van der Waals surface area contributed by atoms with Crippen molar-refractivity contribution in [3.8, 4) is 56.2 Å². The summed E-state index contributed by atoms with van der Waals surface area (Å²) in [6.07, 6.45) is 8.99. The van der Waals surface area contributed by atoms with Gasteiger partial charge >= 0.3 is 0 Å². The van der Waals surface area contributed by atoms with Gasteiger partial charge in [0.2, 0.25) is 0 Å². The van der Waals surface area contributed by atoms with Crippen molar-refractivity contribution >= 4 is 11.4 Å². The molecule has 0 saturated carbocycles. The first-order valence-electron chi connectivity index (χ1n) is 16.8. The van der Waals surface area contributed by atoms with E-state index in [1.54, 1.807) is 0 Å². The number of para-hydroxylation sites is 1. The van der Waals surface area contributed by atoms with E-state index >= 15 is 0 Å². The molecular formula is C46H33N3. The highest BCUT2D eigenvalue weighted by Crippen LogP contribution is 2.47. The van der Waals surface area contributed by atoms with Crippen LogP contribution in [0.4, 0.5) is 11.4 Å². The fourth-order valence-electron chi connectivity index (χ4n) is 7.19. The molecule has 0 fully saturated rings. The summed E-state index contributed by atoms with van der Waals surface area (Å²) in [5, 5.41) is 0. The number of allylic oxidation sites excluding steroid dienone is 2. The maximum atomic E-state index is 5.04. The summed E-state index contributed by atoms with van der Waals surface area (Å²) in [5.74, 6) is 1.11.